The van der Waals surface area contributed by atoms with Crippen LogP contribution in [0.2, 0.25) is 0 Å². The summed E-state index contributed by atoms with van der Waals surface area (Å²) in [5, 5.41) is 4.66. The van der Waals surface area contributed by atoms with Gasteiger partial charge < -0.3 is 5.32 Å². The van der Waals surface area contributed by atoms with Crippen LogP contribution < -0.4 is 5.32 Å². The first-order chi connectivity index (χ1) is 6.92. The van der Waals surface area contributed by atoms with Gasteiger partial charge in [-0.15, -0.1) is 0 Å². The molecular formula is C12H23NS. The van der Waals surface area contributed by atoms with E-state index in [4.69, 9.17) is 0 Å². The first-order valence-electron chi connectivity index (χ1n) is 6.27. The summed E-state index contributed by atoms with van der Waals surface area (Å²) in [7, 11) is 0. The van der Waals surface area contributed by atoms with Crippen molar-refractivity contribution in [3.63, 3.8) is 0 Å². The molecular weight excluding hydrogens is 190 g/mol. The number of rotatable bonds is 4. The van der Waals surface area contributed by atoms with E-state index >= 15 is 0 Å². The second-order valence-corrected chi connectivity index (χ2v) is 6.03. The SMILES string of the molecule is CCNC(C1CCC1)C1CCCCS1. The first kappa shape index (κ1) is 10.8. The minimum atomic E-state index is 0.832. The average Bonchev–Trinajstić information content (AvgIpc) is 2.16. The molecule has 1 saturated heterocycles. The lowest BCUT2D eigenvalue weighted by Gasteiger charge is -2.40. The van der Waals surface area contributed by atoms with Gasteiger partial charge in [0.1, 0.15) is 0 Å². The van der Waals surface area contributed by atoms with Gasteiger partial charge in [0.05, 0.1) is 0 Å². The Bertz CT molecular complexity index is 162. The highest BCUT2D eigenvalue weighted by molar-refractivity contribution is 8.00. The van der Waals surface area contributed by atoms with Crippen LogP contribution in [0.25, 0.3) is 0 Å². The predicted octanol–water partition coefficient (Wildman–Crippen LogP) is 3.05. The number of hydrogen-bond acceptors (Lipinski definition) is 2. The molecule has 1 saturated carbocycles. The van der Waals surface area contributed by atoms with E-state index in [1.165, 1.54) is 44.3 Å². The Morgan fingerprint density at radius 1 is 1.21 bits per heavy atom. The van der Waals surface area contributed by atoms with Crippen LogP contribution in [-0.2, 0) is 0 Å². The Labute approximate surface area is 92.4 Å². The Hall–Kier alpha value is 0.310. The van der Waals surface area contributed by atoms with Gasteiger partial charge in [-0.05, 0) is 43.9 Å². The largest absolute Gasteiger partial charge is 0.313 e. The van der Waals surface area contributed by atoms with Gasteiger partial charge in [0.25, 0.3) is 0 Å². The van der Waals surface area contributed by atoms with Crippen LogP contribution >= 0.6 is 11.8 Å². The third-order valence-corrected chi connectivity index (χ3v) is 5.19. The van der Waals surface area contributed by atoms with Crippen molar-refractivity contribution in [2.45, 2.75) is 56.7 Å². The molecule has 2 heteroatoms. The fourth-order valence-electron chi connectivity index (χ4n) is 2.69. The zero-order valence-electron chi connectivity index (χ0n) is 9.30. The predicted molar refractivity (Wildman–Crippen MR) is 64.9 cm³/mol. The second kappa shape index (κ2) is 5.41. The molecule has 2 aliphatic rings. The molecule has 0 radical (unpaired) electrons. The number of hydrogen-bond donors (Lipinski definition) is 1. The van der Waals surface area contributed by atoms with Crippen molar-refractivity contribution in [1.29, 1.82) is 0 Å². The molecule has 82 valence electrons. The molecule has 1 heterocycles. The van der Waals surface area contributed by atoms with E-state index < -0.39 is 0 Å². The van der Waals surface area contributed by atoms with Crippen LogP contribution in [0.4, 0.5) is 0 Å². The molecule has 2 atom stereocenters. The summed E-state index contributed by atoms with van der Waals surface area (Å²) >= 11 is 2.23. The van der Waals surface area contributed by atoms with Gasteiger partial charge in [0.2, 0.25) is 0 Å². The summed E-state index contributed by atoms with van der Waals surface area (Å²) in [4.78, 5) is 0. The smallest absolute Gasteiger partial charge is 0.0214 e. The second-order valence-electron chi connectivity index (χ2n) is 4.68. The minimum Gasteiger partial charge on any atom is -0.313 e. The van der Waals surface area contributed by atoms with Gasteiger partial charge in [0, 0.05) is 11.3 Å². The van der Waals surface area contributed by atoms with Crippen LogP contribution in [0.5, 0.6) is 0 Å². The summed E-state index contributed by atoms with van der Waals surface area (Å²) in [6, 6.07) is 0.832. The van der Waals surface area contributed by atoms with E-state index in [1.54, 1.807) is 0 Å². The fraction of sp³-hybridized carbons (Fsp3) is 1.00. The molecule has 2 fully saturated rings. The van der Waals surface area contributed by atoms with Gasteiger partial charge >= 0.3 is 0 Å². The van der Waals surface area contributed by atoms with Crippen molar-refractivity contribution in [2.24, 2.45) is 5.92 Å². The fourth-order valence-corrected chi connectivity index (χ4v) is 4.22. The van der Waals surface area contributed by atoms with Gasteiger partial charge in [-0.25, -0.2) is 0 Å². The molecule has 0 aromatic rings. The van der Waals surface area contributed by atoms with Crippen LogP contribution in [0, 0.1) is 5.92 Å². The van der Waals surface area contributed by atoms with E-state index in [-0.39, 0.29) is 0 Å². The summed E-state index contributed by atoms with van der Waals surface area (Å²) in [5.41, 5.74) is 0. The molecule has 1 N–H and O–H groups in total. The third-order valence-electron chi connectivity index (χ3n) is 3.71. The van der Waals surface area contributed by atoms with Crippen LogP contribution in [0.1, 0.15) is 45.4 Å². The Kier molecular flexibility index (Phi) is 4.18. The monoisotopic (exact) mass is 213 g/mol. The van der Waals surface area contributed by atoms with Crippen molar-refractivity contribution in [3.8, 4) is 0 Å². The van der Waals surface area contributed by atoms with E-state index in [2.05, 4.69) is 24.0 Å². The molecule has 14 heavy (non-hydrogen) atoms. The zero-order chi connectivity index (χ0) is 9.80. The summed E-state index contributed by atoms with van der Waals surface area (Å²) in [5.74, 6) is 2.41. The molecule has 1 aliphatic carbocycles. The van der Waals surface area contributed by atoms with Gasteiger partial charge in [0.15, 0.2) is 0 Å². The van der Waals surface area contributed by atoms with Crippen molar-refractivity contribution in [1.82, 2.24) is 5.32 Å². The topological polar surface area (TPSA) is 12.0 Å². The van der Waals surface area contributed by atoms with E-state index in [9.17, 15) is 0 Å². The van der Waals surface area contributed by atoms with E-state index in [1.807, 2.05) is 0 Å². The third kappa shape index (κ3) is 2.46. The molecule has 0 aromatic carbocycles. The van der Waals surface area contributed by atoms with E-state index in [0.29, 0.717) is 0 Å². The van der Waals surface area contributed by atoms with Crippen LogP contribution in [0.3, 0.4) is 0 Å². The lowest BCUT2D eigenvalue weighted by atomic mass is 9.77. The van der Waals surface area contributed by atoms with Gasteiger partial charge in [-0.3, -0.25) is 0 Å². The molecule has 0 aromatic heterocycles. The lowest BCUT2D eigenvalue weighted by molar-refractivity contribution is 0.222. The Balaban J connectivity index is 1.86. The lowest BCUT2D eigenvalue weighted by Crippen LogP contribution is -2.47. The molecule has 0 spiro atoms. The Morgan fingerprint density at radius 3 is 2.57 bits per heavy atom. The molecule has 1 nitrogen and oxygen atoms in total. The van der Waals surface area contributed by atoms with Crippen molar-refractivity contribution >= 4 is 11.8 Å². The van der Waals surface area contributed by atoms with Gasteiger partial charge in [-0.1, -0.05) is 19.8 Å². The molecule has 0 amide bonds. The minimum absolute atomic E-state index is 0.832. The standard InChI is InChI=1S/C12H23NS/c1-2-13-12(10-6-5-7-10)11-8-3-4-9-14-11/h10-13H,2-9H2,1H3. The summed E-state index contributed by atoms with van der Waals surface area (Å²) < 4.78 is 0. The molecule has 2 rings (SSSR count). The molecule has 1 aliphatic heterocycles. The van der Waals surface area contributed by atoms with Crippen molar-refractivity contribution in [2.75, 3.05) is 12.3 Å². The number of thioether (sulfide) groups is 1. The average molecular weight is 213 g/mol. The maximum atomic E-state index is 3.73. The normalized spacial score (nSPS) is 31.1. The maximum Gasteiger partial charge on any atom is 0.0214 e. The highest BCUT2D eigenvalue weighted by atomic mass is 32.2. The first-order valence-corrected chi connectivity index (χ1v) is 7.31. The number of nitrogens with one attached hydrogen (secondary N) is 1. The molecule has 2 unspecified atom stereocenters. The Morgan fingerprint density at radius 2 is 2.07 bits per heavy atom. The molecule has 0 bridgehead atoms. The summed E-state index contributed by atoms with van der Waals surface area (Å²) in [6.45, 7) is 3.40. The van der Waals surface area contributed by atoms with Crippen LogP contribution in [0.15, 0.2) is 0 Å². The van der Waals surface area contributed by atoms with Crippen molar-refractivity contribution in [3.05, 3.63) is 0 Å². The highest BCUT2D eigenvalue weighted by Crippen LogP contribution is 2.37. The maximum absolute atomic E-state index is 3.73. The quantitative estimate of drug-likeness (QED) is 0.770. The van der Waals surface area contributed by atoms with Crippen LogP contribution in [-0.4, -0.2) is 23.6 Å². The highest BCUT2D eigenvalue weighted by Gasteiger charge is 2.33. The zero-order valence-corrected chi connectivity index (χ0v) is 10.1. The van der Waals surface area contributed by atoms with E-state index in [0.717, 1.165) is 23.8 Å². The summed E-state index contributed by atoms with van der Waals surface area (Å²) in [6.07, 6.45) is 8.81. The van der Waals surface area contributed by atoms with Gasteiger partial charge in [-0.2, -0.15) is 11.8 Å². The van der Waals surface area contributed by atoms with Crippen molar-refractivity contribution < 1.29 is 0 Å².